The van der Waals surface area contributed by atoms with Gasteiger partial charge in [-0.15, -0.1) is 0 Å². The third kappa shape index (κ3) is 5.50. The lowest BCUT2D eigenvalue weighted by Crippen LogP contribution is -2.37. The van der Waals surface area contributed by atoms with Gasteiger partial charge in [-0.2, -0.15) is 0 Å². The molecule has 2 aromatic carbocycles. The minimum absolute atomic E-state index is 0.0131. The number of likely N-dealkylation sites (tertiary alicyclic amines) is 1. The monoisotopic (exact) mass is 393 g/mol. The predicted molar refractivity (Wildman–Crippen MR) is 116 cm³/mol. The molecule has 2 aromatic rings. The fraction of sp³-hybridized carbons (Fsp3) is 0.227. The van der Waals surface area contributed by atoms with Crippen LogP contribution >= 0.6 is 12.2 Å². The van der Waals surface area contributed by atoms with Gasteiger partial charge in [-0.3, -0.25) is 14.9 Å². The Kier molecular flexibility index (Phi) is 6.92. The molecular formula is C22H23N3O2S. The lowest BCUT2D eigenvalue weighted by molar-refractivity contribution is -0.115. The number of nitrogens with one attached hydrogen (secondary N) is 2. The second kappa shape index (κ2) is 9.80. The van der Waals surface area contributed by atoms with Crippen molar-refractivity contribution in [2.45, 2.75) is 19.3 Å². The van der Waals surface area contributed by atoms with E-state index in [0.717, 1.165) is 37.9 Å². The molecular weight excluding hydrogens is 370 g/mol. The Labute approximate surface area is 170 Å². The number of para-hydroxylation sites is 1. The Hall–Kier alpha value is -2.99. The van der Waals surface area contributed by atoms with E-state index in [9.17, 15) is 9.59 Å². The van der Waals surface area contributed by atoms with Crippen LogP contribution in [0.5, 0.6) is 0 Å². The maximum Gasteiger partial charge on any atom is 0.255 e. The van der Waals surface area contributed by atoms with Gasteiger partial charge >= 0.3 is 0 Å². The standard InChI is InChI=1S/C22H23N3O2S/c26-20(14-13-17-9-3-1-4-10-17)24-22(28)23-19-12-6-5-11-18(19)21(27)25-15-7-2-8-16-25/h1,3-6,9-14H,2,7-8,15-16H2,(H2,23,24,26,28). The van der Waals surface area contributed by atoms with Crippen LogP contribution in [0.3, 0.4) is 0 Å². The largest absolute Gasteiger partial charge is 0.339 e. The molecule has 28 heavy (non-hydrogen) atoms. The van der Waals surface area contributed by atoms with E-state index < -0.39 is 0 Å². The summed E-state index contributed by atoms with van der Waals surface area (Å²) in [5.41, 5.74) is 2.07. The number of nitrogens with zero attached hydrogens (tertiary/aromatic N) is 1. The van der Waals surface area contributed by atoms with Gasteiger partial charge in [0.1, 0.15) is 0 Å². The molecule has 0 saturated carbocycles. The minimum Gasteiger partial charge on any atom is -0.339 e. The number of thiocarbonyl (C=S) groups is 1. The SMILES string of the molecule is O=C(C=Cc1ccccc1)NC(=S)Nc1ccccc1C(=O)N1CCCCC1. The Balaban J connectivity index is 1.61. The molecule has 6 heteroatoms. The van der Waals surface area contributed by atoms with Crippen LogP contribution in [0.15, 0.2) is 60.7 Å². The third-order valence-corrected chi connectivity index (χ3v) is 4.72. The van der Waals surface area contributed by atoms with E-state index in [-0.39, 0.29) is 16.9 Å². The van der Waals surface area contributed by atoms with Crippen LogP contribution in [-0.2, 0) is 4.79 Å². The number of carbonyl (C=O) groups is 2. The second-order valence-corrected chi connectivity index (χ2v) is 6.99. The summed E-state index contributed by atoms with van der Waals surface area (Å²) in [7, 11) is 0. The first-order chi connectivity index (χ1) is 13.6. The zero-order valence-electron chi connectivity index (χ0n) is 15.6. The van der Waals surface area contributed by atoms with E-state index >= 15 is 0 Å². The molecule has 0 bridgehead atoms. The van der Waals surface area contributed by atoms with E-state index in [1.807, 2.05) is 47.4 Å². The van der Waals surface area contributed by atoms with Crippen LogP contribution in [0, 0.1) is 0 Å². The Bertz CT molecular complexity index is 874. The molecule has 0 aromatic heterocycles. The molecule has 0 radical (unpaired) electrons. The molecule has 0 atom stereocenters. The van der Waals surface area contributed by atoms with Crippen molar-refractivity contribution in [1.29, 1.82) is 0 Å². The van der Waals surface area contributed by atoms with Crippen molar-refractivity contribution in [1.82, 2.24) is 10.2 Å². The van der Waals surface area contributed by atoms with Crippen molar-refractivity contribution < 1.29 is 9.59 Å². The number of anilines is 1. The van der Waals surface area contributed by atoms with Crippen molar-refractivity contribution >= 4 is 40.9 Å². The second-order valence-electron chi connectivity index (χ2n) is 6.59. The van der Waals surface area contributed by atoms with E-state index in [2.05, 4.69) is 10.6 Å². The Morgan fingerprint density at radius 2 is 1.61 bits per heavy atom. The molecule has 1 saturated heterocycles. The summed E-state index contributed by atoms with van der Waals surface area (Å²) in [6, 6.07) is 16.8. The molecule has 1 fully saturated rings. The molecule has 1 aliphatic rings. The number of hydrogen-bond donors (Lipinski definition) is 2. The normalized spacial score (nSPS) is 13.9. The highest BCUT2D eigenvalue weighted by Crippen LogP contribution is 2.20. The molecule has 0 unspecified atom stereocenters. The van der Waals surface area contributed by atoms with Gasteiger partial charge < -0.3 is 10.2 Å². The summed E-state index contributed by atoms with van der Waals surface area (Å²) in [5, 5.41) is 5.75. The van der Waals surface area contributed by atoms with Crippen molar-refractivity contribution in [3.8, 4) is 0 Å². The summed E-state index contributed by atoms with van der Waals surface area (Å²) in [6.45, 7) is 1.55. The molecule has 0 aliphatic carbocycles. The van der Waals surface area contributed by atoms with Crippen molar-refractivity contribution in [3.63, 3.8) is 0 Å². The number of piperidine rings is 1. The Morgan fingerprint density at radius 3 is 2.36 bits per heavy atom. The van der Waals surface area contributed by atoms with E-state index in [1.54, 1.807) is 18.2 Å². The summed E-state index contributed by atoms with van der Waals surface area (Å²) in [4.78, 5) is 26.8. The van der Waals surface area contributed by atoms with E-state index in [1.165, 1.54) is 6.08 Å². The zero-order chi connectivity index (χ0) is 19.8. The number of amides is 2. The van der Waals surface area contributed by atoms with Gasteiger partial charge in [-0.1, -0.05) is 42.5 Å². The van der Waals surface area contributed by atoms with E-state index in [0.29, 0.717) is 11.3 Å². The van der Waals surface area contributed by atoms with Crippen LogP contribution < -0.4 is 10.6 Å². The summed E-state index contributed by atoms with van der Waals surface area (Å²) in [5.74, 6) is -0.345. The van der Waals surface area contributed by atoms with Crippen LogP contribution in [0.4, 0.5) is 5.69 Å². The van der Waals surface area contributed by atoms with E-state index in [4.69, 9.17) is 12.2 Å². The summed E-state index contributed by atoms with van der Waals surface area (Å²) in [6.07, 6.45) is 6.36. The maximum absolute atomic E-state index is 12.8. The van der Waals surface area contributed by atoms with Crippen molar-refractivity contribution in [2.24, 2.45) is 0 Å². The minimum atomic E-state index is -0.332. The van der Waals surface area contributed by atoms with Gasteiger partial charge in [0.15, 0.2) is 5.11 Å². The molecule has 1 aliphatic heterocycles. The quantitative estimate of drug-likeness (QED) is 0.612. The molecule has 5 nitrogen and oxygen atoms in total. The fourth-order valence-electron chi connectivity index (χ4n) is 3.09. The lowest BCUT2D eigenvalue weighted by atomic mass is 10.1. The average molecular weight is 394 g/mol. The molecule has 2 N–H and O–H groups in total. The van der Waals surface area contributed by atoms with Crippen LogP contribution in [-0.4, -0.2) is 34.9 Å². The highest BCUT2D eigenvalue weighted by Gasteiger charge is 2.20. The molecule has 0 spiro atoms. The van der Waals surface area contributed by atoms with Crippen LogP contribution in [0.1, 0.15) is 35.2 Å². The Morgan fingerprint density at radius 1 is 0.929 bits per heavy atom. The van der Waals surface area contributed by atoms with Gasteiger partial charge in [0.2, 0.25) is 5.91 Å². The molecule has 144 valence electrons. The zero-order valence-corrected chi connectivity index (χ0v) is 16.4. The highest BCUT2D eigenvalue weighted by atomic mass is 32.1. The fourth-order valence-corrected chi connectivity index (χ4v) is 3.30. The number of carbonyl (C=O) groups excluding carboxylic acids is 2. The molecule has 3 rings (SSSR count). The highest BCUT2D eigenvalue weighted by molar-refractivity contribution is 7.80. The first-order valence-electron chi connectivity index (χ1n) is 9.37. The maximum atomic E-state index is 12.8. The summed E-state index contributed by atoms with van der Waals surface area (Å²) >= 11 is 5.24. The van der Waals surface area contributed by atoms with Gasteiger partial charge in [-0.25, -0.2) is 0 Å². The van der Waals surface area contributed by atoms with Gasteiger partial charge in [0.05, 0.1) is 11.3 Å². The van der Waals surface area contributed by atoms with Crippen molar-refractivity contribution in [2.75, 3.05) is 18.4 Å². The first kappa shape index (κ1) is 19.8. The smallest absolute Gasteiger partial charge is 0.255 e. The summed E-state index contributed by atoms with van der Waals surface area (Å²) < 4.78 is 0. The van der Waals surface area contributed by atoms with Crippen LogP contribution in [0.25, 0.3) is 6.08 Å². The lowest BCUT2D eigenvalue weighted by Gasteiger charge is -2.27. The third-order valence-electron chi connectivity index (χ3n) is 4.51. The predicted octanol–water partition coefficient (Wildman–Crippen LogP) is 3.84. The van der Waals surface area contributed by atoms with Gasteiger partial charge in [0.25, 0.3) is 5.91 Å². The number of hydrogen-bond acceptors (Lipinski definition) is 3. The van der Waals surface area contributed by atoms with Gasteiger partial charge in [-0.05, 0) is 55.3 Å². The average Bonchev–Trinajstić information content (AvgIpc) is 2.73. The molecule has 2 amide bonds. The number of rotatable bonds is 4. The van der Waals surface area contributed by atoms with Gasteiger partial charge in [0, 0.05) is 19.2 Å². The van der Waals surface area contributed by atoms with Crippen LogP contribution in [0.2, 0.25) is 0 Å². The topological polar surface area (TPSA) is 61.4 Å². The molecule has 1 heterocycles. The number of benzene rings is 2. The first-order valence-corrected chi connectivity index (χ1v) is 9.78. The van der Waals surface area contributed by atoms with Crippen molar-refractivity contribution in [3.05, 3.63) is 71.8 Å².